The number of benzene rings is 1. The van der Waals surface area contributed by atoms with Crippen LogP contribution in [0, 0.1) is 11.3 Å². The first-order valence-corrected chi connectivity index (χ1v) is 11.3. The number of fused-ring (bicyclic) bond motifs is 5. The monoisotopic (exact) mass is 444 g/mol. The van der Waals surface area contributed by atoms with E-state index in [0.717, 1.165) is 61.9 Å². The van der Waals surface area contributed by atoms with Crippen LogP contribution in [-0.4, -0.2) is 43.0 Å². The van der Waals surface area contributed by atoms with Crippen molar-refractivity contribution in [2.75, 3.05) is 20.2 Å². The highest BCUT2D eigenvalue weighted by Crippen LogP contribution is 2.62. The fourth-order valence-corrected chi connectivity index (χ4v) is 6.39. The molecule has 0 amide bonds. The Hall–Kier alpha value is -1.40. The van der Waals surface area contributed by atoms with Crippen LogP contribution in [0.2, 0.25) is 0 Å². The van der Waals surface area contributed by atoms with E-state index in [4.69, 9.17) is 20.5 Å². The van der Waals surface area contributed by atoms with E-state index < -0.39 is 5.54 Å². The number of guanidine groups is 1. The van der Waals surface area contributed by atoms with E-state index in [1.807, 2.05) is 7.11 Å². The molecular weight excluding hydrogens is 416 g/mol. The van der Waals surface area contributed by atoms with Gasteiger partial charge in [0.1, 0.15) is 5.84 Å². The molecule has 2 aliphatic carbocycles. The highest BCUT2D eigenvalue weighted by molar-refractivity contribution is 9.10. The second kappa shape index (κ2) is 6.56. The third-order valence-corrected chi connectivity index (χ3v) is 8.13. The third kappa shape index (κ3) is 2.40. The maximum Gasteiger partial charge on any atom is 0.198 e. The van der Waals surface area contributed by atoms with Crippen LogP contribution in [0.3, 0.4) is 0 Å². The molecule has 1 aromatic rings. The molecule has 0 aromatic heterocycles. The van der Waals surface area contributed by atoms with E-state index in [9.17, 15) is 0 Å². The van der Waals surface area contributed by atoms with Gasteiger partial charge in [0.25, 0.3) is 0 Å². The second-order valence-electron chi connectivity index (χ2n) is 8.92. The quantitative estimate of drug-likeness (QED) is 0.753. The number of methoxy groups -OCH3 is 1. The molecule has 5 rings (SSSR count). The molecule has 150 valence electrons. The zero-order valence-electron chi connectivity index (χ0n) is 16.7. The standard InChI is InChI=1S/C22H29BrN4O/c1-3-14-12-25-19-22(26-20(24)27(19)13-14)18-10-16(23)5-4-15(18)11-21(22)8-6-17(28-2)7-9-21/h4-5,10,14,17H,3,6-9,11-13H2,1-2H3,(H2,24,26). The van der Waals surface area contributed by atoms with Crippen LogP contribution >= 0.6 is 15.9 Å². The van der Waals surface area contributed by atoms with Crippen molar-refractivity contribution < 1.29 is 4.74 Å². The Morgan fingerprint density at radius 1 is 1.32 bits per heavy atom. The van der Waals surface area contributed by atoms with Crippen LogP contribution in [0.15, 0.2) is 32.7 Å². The van der Waals surface area contributed by atoms with Crippen molar-refractivity contribution in [1.82, 2.24) is 4.90 Å². The van der Waals surface area contributed by atoms with Gasteiger partial charge in [-0.25, -0.2) is 4.99 Å². The van der Waals surface area contributed by atoms with Crippen molar-refractivity contribution in [2.24, 2.45) is 27.1 Å². The number of hydrogen-bond donors (Lipinski definition) is 1. The van der Waals surface area contributed by atoms with E-state index in [-0.39, 0.29) is 5.41 Å². The predicted molar refractivity (Wildman–Crippen MR) is 116 cm³/mol. The molecule has 2 atom stereocenters. The molecular formula is C22H29BrN4O. The summed E-state index contributed by atoms with van der Waals surface area (Å²) in [5.74, 6) is 2.30. The lowest BCUT2D eigenvalue weighted by molar-refractivity contribution is 0.0112. The zero-order valence-corrected chi connectivity index (χ0v) is 18.3. The summed E-state index contributed by atoms with van der Waals surface area (Å²) in [6, 6.07) is 6.69. The largest absolute Gasteiger partial charge is 0.381 e. The highest BCUT2D eigenvalue weighted by Gasteiger charge is 2.65. The number of amidine groups is 1. The van der Waals surface area contributed by atoms with Crippen LogP contribution in [0.5, 0.6) is 0 Å². The minimum absolute atomic E-state index is 0.0441. The van der Waals surface area contributed by atoms with E-state index in [1.165, 1.54) is 11.1 Å². The van der Waals surface area contributed by atoms with Crippen LogP contribution in [0.25, 0.3) is 0 Å². The topological polar surface area (TPSA) is 63.2 Å². The molecule has 6 heteroatoms. The summed E-state index contributed by atoms with van der Waals surface area (Å²) in [6.07, 6.45) is 6.87. The Labute approximate surface area is 175 Å². The molecule has 2 heterocycles. The summed E-state index contributed by atoms with van der Waals surface area (Å²) in [6.45, 7) is 4.05. The molecule has 0 radical (unpaired) electrons. The molecule has 2 unspecified atom stereocenters. The van der Waals surface area contributed by atoms with Crippen molar-refractivity contribution in [3.05, 3.63) is 33.8 Å². The maximum atomic E-state index is 6.56. The Balaban J connectivity index is 1.68. The number of rotatable bonds is 2. The Morgan fingerprint density at radius 3 is 2.82 bits per heavy atom. The molecule has 0 saturated heterocycles. The van der Waals surface area contributed by atoms with Gasteiger partial charge in [-0.05, 0) is 67.7 Å². The smallest absolute Gasteiger partial charge is 0.198 e. The lowest BCUT2D eigenvalue weighted by Crippen LogP contribution is -2.54. The predicted octanol–water partition coefficient (Wildman–Crippen LogP) is 3.84. The third-order valence-electron chi connectivity index (χ3n) is 7.64. The lowest BCUT2D eigenvalue weighted by atomic mass is 9.61. The van der Waals surface area contributed by atoms with Crippen LogP contribution in [-0.2, 0) is 16.7 Å². The van der Waals surface area contributed by atoms with Crippen molar-refractivity contribution in [3.8, 4) is 0 Å². The van der Waals surface area contributed by atoms with Gasteiger partial charge >= 0.3 is 0 Å². The lowest BCUT2D eigenvalue weighted by Gasteiger charge is -2.47. The first kappa shape index (κ1) is 18.6. The number of hydrogen-bond acceptors (Lipinski definition) is 5. The normalized spacial score (nSPS) is 36.5. The van der Waals surface area contributed by atoms with Crippen molar-refractivity contribution in [2.45, 2.75) is 57.1 Å². The highest BCUT2D eigenvalue weighted by atomic mass is 79.9. The molecule has 0 bridgehead atoms. The second-order valence-corrected chi connectivity index (χ2v) is 9.84. The zero-order chi connectivity index (χ0) is 19.5. The Kier molecular flexibility index (Phi) is 4.36. The van der Waals surface area contributed by atoms with Gasteiger partial charge in [-0.15, -0.1) is 0 Å². The molecule has 4 aliphatic rings. The summed E-state index contributed by atoms with van der Waals surface area (Å²) >= 11 is 3.70. The molecule has 2 N–H and O–H groups in total. The number of nitrogens with zero attached hydrogens (tertiary/aromatic N) is 3. The van der Waals surface area contributed by atoms with E-state index in [0.29, 0.717) is 18.0 Å². The summed E-state index contributed by atoms with van der Waals surface area (Å²) in [4.78, 5) is 12.6. The van der Waals surface area contributed by atoms with Crippen LogP contribution in [0.4, 0.5) is 0 Å². The summed E-state index contributed by atoms with van der Waals surface area (Å²) in [7, 11) is 1.84. The molecule has 28 heavy (non-hydrogen) atoms. The molecule has 1 aromatic carbocycles. The summed E-state index contributed by atoms with van der Waals surface area (Å²) in [5, 5.41) is 0. The average molecular weight is 445 g/mol. The number of aliphatic imine (C=N–C) groups is 2. The molecule has 5 nitrogen and oxygen atoms in total. The molecule has 2 aliphatic heterocycles. The van der Waals surface area contributed by atoms with E-state index in [2.05, 4.69) is 46.0 Å². The van der Waals surface area contributed by atoms with Crippen molar-refractivity contribution in [3.63, 3.8) is 0 Å². The fourth-order valence-electron chi connectivity index (χ4n) is 6.03. The Morgan fingerprint density at radius 2 is 2.11 bits per heavy atom. The minimum atomic E-state index is -0.437. The van der Waals surface area contributed by atoms with Gasteiger partial charge in [0.05, 0.1) is 6.10 Å². The first-order chi connectivity index (χ1) is 13.5. The maximum absolute atomic E-state index is 6.56. The number of halogens is 1. The molecule has 2 spiro atoms. The molecule has 1 saturated carbocycles. The van der Waals surface area contributed by atoms with Gasteiger partial charge in [0, 0.05) is 30.1 Å². The van der Waals surface area contributed by atoms with Gasteiger partial charge in [0.2, 0.25) is 0 Å². The van der Waals surface area contributed by atoms with Gasteiger partial charge in [-0.3, -0.25) is 9.89 Å². The molecule has 1 fully saturated rings. The minimum Gasteiger partial charge on any atom is -0.381 e. The number of nitrogens with two attached hydrogens (primary N) is 1. The van der Waals surface area contributed by atoms with Crippen molar-refractivity contribution in [1.29, 1.82) is 0 Å². The van der Waals surface area contributed by atoms with E-state index >= 15 is 0 Å². The van der Waals surface area contributed by atoms with Crippen LogP contribution in [0.1, 0.15) is 50.2 Å². The van der Waals surface area contributed by atoms with Crippen molar-refractivity contribution >= 4 is 27.7 Å². The fraction of sp³-hybridized carbons (Fsp3) is 0.636. The van der Waals surface area contributed by atoms with Gasteiger partial charge in [-0.2, -0.15) is 0 Å². The van der Waals surface area contributed by atoms with Gasteiger partial charge < -0.3 is 10.5 Å². The average Bonchev–Trinajstić information content (AvgIpc) is 3.16. The number of ether oxygens (including phenoxy) is 1. The van der Waals surface area contributed by atoms with E-state index in [1.54, 1.807) is 0 Å². The van der Waals surface area contributed by atoms with Crippen LogP contribution < -0.4 is 5.73 Å². The SMILES string of the molecule is CCC1CN=C2N(C1)C(N)=NC21c2cc(Br)ccc2CC12CCC(OC)CC2. The summed E-state index contributed by atoms with van der Waals surface area (Å²) < 4.78 is 6.79. The first-order valence-electron chi connectivity index (χ1n) is 10.5. The summed E-state index contributed by atoms with van der Waals surface area (Å²) in [5.41, 5.74) is 8.87. The Bertz CT molecular complexity index is 858. The van der Waals surface area contributed by atoms with Gasteiger partial charge in [0.15, 0.2) is 11.5 Å². The van der Waals surface area contributed by atoms with Gasteiger partial charge in [-0.1, -0.05) is 28.9 Å².